The van der Waals surface area contributed by atoms with E-state index in [1.165, 1.54) is 16.4 Å². The van der Waals surface area contributed by atoms with Crippen LogP contribution in [0.15, 0.2) is 23.1 Å². The molecule has 0 aliphatic carbocycles. The van der Waals surface area contributed by atoms with Gasteiger partial charge in [-0.05, 0) is 44.4 Å². The Morgan fingerprint density at radius 1 is 1.37 bits per heavy atom. The molecule has 1 unspecified atom stereocenters. The first-order valence-electron chi connectivity index (χ1n) is 9.18. The average Bonchev–Trinajstić information content (AvgIpc) is 2.67. The van der Waals surface area contributed by atoms with Gasteiger partial charge in [0, 0.05) is 25.0 Å². The number of hydrogen-bond acceptors (Lipinski definition) is 5. The Hall–Kier alpha value is -2.13. The van der Waals surface area contributed by atoms with Crippen molar-refractivity contribution in [3.63, 3.8) is 0 Å². The molecule has 148 valence electrons. The molecular weight excluding hydrogens is 370 g/mol. The van der Waals surface area contributed by atoms with Crippen LogP contribution in [-0.2, 0) is 19.6 Å². The molecule has 0 bridgehead atoms. The lowest BCUT2D eigenvalue weighted by Gasteiger charge is -2.31. The normalized spacial score (nSPS) is 19.6. The van der Waals surface area contributed by atoms with Gasteiger partial charge in [0.25, 0.3) is 5.91 Å². The summed E-state index contributed by atoms with van der Waals surface area (Å²) in [4.78, 5) is 23.8. The number of carbonyl (C=O) groups excluding carboxylic acids is 2. The smallest absolute Gasteiger partial charge is 0.262 e. The number of hydrogen-bond donors (Lipinski definition) is 2. The topological polar surface area (TPSA) is 105 Å². The van der Waals surface area contributed by atoms with E-state index in [4.69, 9.17) is 4.74 Å². The van der Waals surface area contributed by atoms with E-state index in [1.807, 2.05) is 13.8 Å². The molecule has 2 amide bonds. The zero-order valence-electron chi connectivity index (χ0n) is 15.5. The molecule has 0 spiro atoms. The number of nitrogens with one attached hydrogen (secondary N) is 2. The summed E-state index contributed by atoms with van der Waals surface area (Å²) in [7, 11) is -3.70. The van der Waals surface area contributed by atoms with Crippen molar-refractivity contribution in [3.05, 3.63) is 18.2 Å². The van der Waals surface area contributed by atoms with Crippen LogP contribution in [0.1, 0.15) is 33.1 Å². The molecular formula is C18H25N3O5S. The number of carbonyl (C=O) groups is 2. The molecule has 1 atom stereocenters. The van der Waals surface area contributed by atoms with Crippen LogP contribution in [0, 0.1) is 5.92 Å². The van der Waals surface area contributed by atoms with Crippen molar-refractivity contribution in [2.75, 3.05) is 25.0 Å². The largest absolute Gasteiger partial charge is 0.482 e. The molecule has 0 radical (unpaired) electrons. The lowest BCUT2D eigenvalue weighted by atomic mass is 9.97. The highest BCUT2D eigenvalue weighted by Crippen LogP contribution is 2.32. The van der Waals surface area contributed by atoms with Crippen molar-refractivity contribution in [3.8, 4) is 5.75 Å². The molecule has 0 saturated carbocycles. The zero-order valence-corrected chi connectivity index (χ0v) is 16.3. The van der Waals surface area contributed by atoms with Gasteiger partial charge in [-0.2, -0.15) is 4.31 Å². The maximum Gasteiger partial charge on any atom is 0.262 e. The van der Waals surface area contributed by atoms with E-state index in [0.29, 0.717) is 37.4 Å². The highest BCUT2D eigenvalue weighted by Gasteiger charge is 2.33. The monoisotopic (exact) mass is 395 g/mol. The third-order valence-electron chi connectivity index (χ3n) is 5.05. The summed E-state index contributed by atoms with van der Waals surface area (Å²) < 4.78 is 32.5. The summed E-state index contributed by atoms with van der Waals surface area (Å²) in [6.07, 6.45) is 1.84. The summed E-state index contributed by atoms with van der Waals surface area (Å²) in [5.41, 5.74) is 0.357. The number of rotatable bonds is 5. The standard InChI is InChI=1S/C18H25N3O5S/c1-3-12(2)19-18(23)13-6-8-21(9-7-13)27(24,25)14-4-5-16-15(10-14)20-17(22)11-26-16/h4-5,10,12-13H,3,6-9,11H2,1-2H3,(H,19,23)(H,20,22). The minimum absolute atomic E-state index is 0.00459. The zero-order chi connectivity index (χ0) is 19.6. The van der Waals surface area contributed by atoms with Gasteiger partial charge in [0.15, 0.2) is 6.61 Å². The molecule has 0 aromatic heterocycles. The second-order valence-corrected chi connectivity index (χ2v) is 8.93. The van der Waals surface area contributed by atoms with Gasteiger partial charge >= 0.3 is 0 Å². The lowest BCUT2D eigenvalue weighted by Crippen LogP contribution is -2.44. The number of amides is 2. The molecule has 2 aliphatic rings. The Kier molecular flexibility index (Phi) is 5.71. The van der Waals surface area contributed by atoms with Crippen LogP contribution >= 0.6 is 0 Å². The van der Waals surface area contributed by atoms with Crippen LogP contribution in [0.2, 0.25) is 0 Å². The molecule has 1 fully saturated rings. The average molecular weight is 395 g/mol. The van der Waals surface area contributed by atoms with Crippen LogP contribution in [0.4, 0.5) is 5.69 Å². The van der Waals surface area contributed by atoms with Crippen molar-refractivity contribution >= 4 is 27.5 Å². The molecule has 2 aliphatic heterocycles. The van der Waals surface area contributed by atoms with Gasteiger partial charge in [-0.25, -0.2) is 8.42 Å². The molecule has 9 heteroatoms. The Labute approximate surface area is 159 Å². The first-order valence-corrected chi connectivity index (χ1v) is 10.6. The first kappa shape index (κ1) is 19.6. The van der Waals surface area contributed by atoms with Crippen molar-refractivity contribution in [1.82, 2.24) is 9.62 Å². The highest BCUT2D eigenvalue weighted by molar-refractivity contribution is 7.89. The molecule has 2 heterocycles. The summed E-state index contributed by atoms with van der Waals surface area (Å²) in [6.45, 7) is 4.47. The first-order chi connectivity index (χ1) is 12.8. The third-order valence-corrected chi connectivity index (χ3v) is 6.94. The maximum absolute atomic E-state index is 12.9. The van der Waals surface area contributed by atoms with Gasteiger partial charge in [0.05, 0.1) is 10.6 Å². The molecule has 27 heavy (non-hydrogen) atoms. The summed E-state index contributed by atoms with van der Waals surface area (Å²) in [5.74, 6) is -0.0316. The third kappa shape index (κ3) is 4.24. The Balaban J connectivity index is 1.68. The van der Waals surface area contributed by atoms with E-state index in [9.17, 15) is 18.0 Å². The Bertz CT molecular complexity index is 831. The van der Waals surface area contributed by atoms with Crippen LogP contribution in [0.25, 0.3) is 0 Å². The van der Waals surface area contributed by atoms with Gasteiger partial charge in [-0.3, -0.25) is 9.59 Å². The van der Waals surface area contributed by atoms with Crippen LogP contribution in [-0.4, -0.2) is 50.3 Å². The van der Waals surface area contributed by atoms with E-state index >= 15 is 0 Å². The number of nitrogens with zero attached hydrogens (tertiary/aromatic N) is 1. The van der Waals surface area contributed by atoms with Gasteiger partial charge < -0.3 is 15.4 Å². The van der Waals surface area contributed by atoms with E-state index < -0.39 is 10.0 Å². The van der Waals surface area contributed by atoms with Gasteiger partial charge in [-0.1, -0.05) is 6.92 Å². The number of ether oxygens (including phenoxy) is 1. The minimum atomic E-state index is -3.70. The predicted octanol–water partition coefficient (Wildman–Crippen LogP) is 1.33. The Morgan fingerprint density at radius 3 is 2.74 bits per heavy atom. The van der Waals surface area contributed by atoms with Crippen LogP contribution in [0.3, 0.4) is 0 Å². The SMILES string of the molecule is CCC(C)NC(=O)C1CCN(S(=O)(=O)c2ccc3c(c2)NC(=O)CO3)CC1. The molecule has 8 nitrogen and oxygen atoms in total. The fraction of sp³-hybridized carbons (Fsp3) is 0.556. The minimum Gasteiger partial charge on any atom is -0.482 e. The van der Waals surface area contributed by atoms with Crippen molar-refractivity contribution in [2.24, 2.45) is 5.92 Å². The predicted molar refractivity (Wildman–Crippen MR) is 99.9 cm³/mol. The summed E-state index contributed by atoms with van der Waals surface area (Å²) in [5, 5.41) is 5.58. The molecule has 1 aromatic carbocycles. The molecule has 1 saturated heterocycles. The van der Waals surface area contributed by atoms with E-state index in [0.717, 1.165) is 6.42 Å². The Morgan fingerprint density at radius 2 is 2.07 bits per heavy atom. The number of benzene rings is 1. The van der Waals surface area contributed by atoms with Gasteiger partial charge in [0.1, 0.15) is 5.75 Å². The van der Waals surface area contributed by atoms with Gasteiger partial charge in [0.2, 0.25) is 15.9 Å². The van der Waals surface area contributed by atoms with Crippen molar-refractivity contribution in [2.45, 2.75) is 44.0 Å². The highest BCUT2D eigenvalue weighted by atomic mass is 32.2. The van der Waals surface area contributed by atoms with Gasteiger partial charge in [-0.15, -0.1) is 0 Å². The second-order valence-electron chi connectivity index (χ2n) is 6.99. The van der Waals surface area contributed by atoms with E-state index in [2.05, 4.69) is 10.6 Å². The van der Waals surface area contributed by atoms with Crippen LogP contribution in [0.5, 0.6) is 5.75 Å². The molecule has 1 aromatic rings. The molecule has 2 N–H and O–H groups in total. The quantitative estimate of drug-likeness (QED) is 0.783. The summed E-state index contributed by atoms with van der Waals surface area (Å²) in [6, 6.07) is 4.57. The van der Waals surface area contributed by atoms with Crippen molar-refractivity contribution in [1.29, 1.82) is 0 Å². The number of fused-ring (bicyclic) bond motifs is 1. The maximum atomic E-state index is 12.9. The number of piperidine rings is 1. The van der Waals surface area contributed by atoms with E-state index in [-0.39, 0.29) is 35.3 Å². The lowest BCUT2D eigenvalue weighted by molar-refractivity contribution is -0.126. The van der Waals surface area contributed by atoms with E-state index in [1.54, 1.807) is 6.07 Å². The fourth-order valence-corrected chi connectivity index (χ4v) is 4.69. The summed E-state index contributed by atoms with van der Waals surface area (Å²) >= 11 is 0. The molecule has 3 rings (SSSR count). The fourth-order valence-electron chi connectivity index (χ4n) is 3.19. The van der Waals surface area contributed by atoms with Crippen molar-refractivity contribution < 1.29 is 22.7 Å². The second kappa shape index (κ2) is 7.85. The number of anilines is 1. The number of sulfonamides is 1. The van der Waals surface area contributed by atoms with Crippen LogP contribution < -0.4 is 15.4 Å².